The normalized spacial score (nSPS) is 34.9. The minimum absolute atomic E-state index is 0.0284. The number of aromatic amines is 1. The van der Waals surface area contributed by atoms with E-state index in [0.717, 1.165) is 52.9 Å². The summed E-state index contributed by atoms with van der Waals surface area (Å²) in [6, 6.07) is 11.2. The van der Waals surface area contributed by atoms with Gasteiger partial charge in [0, 0.05) is 90.9 Å². The van der Waals surface area contributed by atoms with Gasteiger partial charge in [0.15, 0.2) is 6.10 Å². The van der Waals surface area contributed by atoms with Gasteiger partial charge in [-0.05, 0) is 61.4 Å². The number of para-hydroxylation sites is 1. The number of esters is 3. The van der Waals surface area contributed by atoms with Crippen LogP contribution < -0.4 is 9.64 Å². The molecule has 1 saturated carbocycles. The molecule has 6 heterocycles. The molecule has 0 radical (unpaired) electrons. The van der Waals surface area contributed by atoms with E-state index in [1.165, 1.54) is 26.7 Å². The molecule has 9 atom stereocenters. The minimum atomic E-state index is -2.27. The Morgan fingerprint density at radius 1 is 1.00 bits per heavy atom. The molecular weight excluding hydrogens is 725 g/mol. The molecule has 3 aromatic rings. The number of hydrogen-bond acceptors (Lipinski definition) is 11. The van der Waals surface area contributed by atoms with E-state index in [1.54, 1.807) is 7.11 Å². The van der Waals surface area contributed by atoms with Crippen molar-refractivity contribution < 1.29 is 38.4 Å². The predicted octanol–water partition coefficient (Wildman–Crippen LogP) is 4.75. The van der Waals surface area contributed by atoms with E-state index in [2.05, 4.69) is 58.1 Å². The predicted molar refractivity (Wildman–Crippen MR) is 214 cm³/mol. The number of aliphatic hydroxyl groups is 1. The van der Waals surface area contributed by atoms with Gasteiger partial charge in [-0.3, -0.25) is 19.4 Å². The van der Waals surface area contributed by atoms with Crippen LogP contribution in [0.15, 0.2) is 60.2 Å². The maximum absolute atomic E-state index is 15.2. The lowest BCUT2D eigenvalue weighted by atomic mass is 9.47. The van der Waals surface area contributed by atoms with Crippen molar-refractivity contribution >= 4 is 34.5 Å². The van der Waals surface area contributed by atoms with Crippen LogP contribution in [0, 0.1) is 11.3 Å². The quantitative estimate of drug-likeness (QED) is 0.196. The van der Waals surface area contributed by atoms with Gasteiger partial charge in [-0.25, -0.2) is 4.79 Å². The van der Waals surface area contributed by atoms with Crippen LogP contribution in [-0.2, 0) is 46.0 Å². The number of aromatic nitrogens is 1. The van der Waals surface area contributed by atoms with E-state index in [9.17, 15) is 14.7 Å². The van der Waals surface area contributed by atoms with Gasteiger partial charge in [-0.1, -0.05) is 55.8 Å². The van der Waals surface area contributed by atoms with E-state index in [4.69, 9.17) is 18.9 Å². The van der Waals surface area contributed by atoms with Crippen molar-refractivity contribution in [2.45, 2.75) is 87.6 Å². The van der Waals surface area contributed by atoms with Crippen molar-refractivity contribution in [3.63, 3.8) is 0 Å². The summed E-state index contributed by atoms with van der Waals surface area (Å²) in [5.41, 5.74) is 1.05. The van der Waals surface area contributed by atoms with Crippen LogP contribution in [0.25, 0.3) is 10.9 Å². The van der Waals surface area contributed by atoms with Crippen LogP contribution in [-0.4, -0.2) is 116 Å². The number of fused-ring (bicyclic) bond motifs is 6. The van der Waals surface area contributed by atoms with Crippen molar-refractivity contribution in [1.82, 2.24) is 14.8 Å². The number of nitrogens with zero attached hydrogens (tertiary/aromatic N) is 3. The highest BCUT2D eigenvalue weighted by Gasteiger charge is 2.80. The molecule has 6 aliphatic rings. The van der Waals surface area contributed by atoms with Crippen LogP contribution in [0.3, 0.4) is 0 Å². The van der Waals surface area contributed by atoms with Gasteiger partial charge in [0.25, 0.3) is 0 Å². The zero-order chi connectivity index (χ0) is 40.2. The number of likely N-dealkylation sites (N-methyl/N-ethyl adjacent to an activating group) is 1. The molecule has 1 spiro atoms. The molecular formula is C45H54N4O8. The molecule has 1 unspecified atom stereocenters. The van der Waals surface area contributed by atoms with Gasteiger partial charge in [0.1, 0.15) is 11.2 Å². The Bertz CT molecular complexity index is 2250. The number of hydrogen-bond donors (Lipinski definition) is 2. The molecule has 302 valence electrons. The average molecular weight is 779 g/mol. The zero-order valence-electron chi connectivity index (χ0n) is 34.0. The molecule has 2 aromatic carbocycles. The number of nitrogens with one attached hydrogen (secondary N) is 1. The third-order valence-electron chi connectivity index (χ3n) is 14.8. The number of anilines is 1. The largest absolute Gasteiger partial charge is 0.496 e. The second-order valence-corrected chi connectivity index (χ2v) is 17.2. The fraction of sp³-hybridized carbons (Fsp3) is 0.533. The van der Waals surface area contributed by atoms with Gasteiger partial charge in [-0.2, -0.15) is 0 Å². The molecule has 1 aliphatic carbocycles. The van der Waals surface area contributed by atoms with Crippen molar-refractivity contribution in [1.29, 1.82) is 0 Å². The Labute approximate surface area is 333 Å². The SMILES string of the molecule is CCC1=C[C@@H]2CN(C1)Cc1c([nH]c3ccccc13)[C@@](C(=O)OC)(c1cc3c(cc1OC)N(C)[C@@H]1[C@@](O)(C(=O)OC)[C@@H](OC(C)=O)[C@]4(CC)C=CCN5CC[C@]31[C@H]54)C2. The molecule has 9 rings (SSSR count). The lowest BCUT2D eigenvalue weighted by Crippen LogP contribution is -2.81. The van der Waals surface area contributed by atoms with Crippen LogP contribution in [0.1, 0.15) is 68.8 Å². The molecule has 1 saturated heterocycles. The molecule has 2 fully saturated rings. The Hall–Kier alpha value is -4.65. The number of benzene rings is 2. The van der Waals surface area contributed by atoms with Gasteiger partial charge < -0.3 is 33.9 Å². The number of rotatable bonds is 7. The second-order valence-electron chi connectivity index (χ2n) is 17.2. The van der Waals surface area contributed by atoms with Gasteiger partial charge in [0.2, 0.25) is 5.60 Å². The van der Waals surface area contributed by atoms with Gasteiger partial charge in [0.05, 0.1) is 27.4 Å². The van der Waals surface area contributed by atoms with E-state index in [0.29, 0.717) is 50.2 Å². The van der Waals surface area contributed by atoms with Crippen molar-refractivity contribution in [2.75, 3.05) is 59.5 Å². The molecule has 12 heteroatoms. The Morgan fingerprint density at radius 3 is 2.47 bits per heavy atom. The van der Waals surface area contributed by atoms with E-state index in [-0.39, 0.29) is 17.9 Å². The summed E-state index contributed by atoms with van der Waals surface area (Å²) in [5.74, 6) is -1.31. The number of H-pyrrole nitrogens is 1. The lowest BCUT2D eigenvalue weighted by Gasteiger charge is -2.63. The van der Waals surface area contributed by atoms with Gasteiger partial charge >= 0.3 is 17.9 Å². The lowest BCUT2D eigenvalue weighted by molar-refractivity contribution is -0.228. The summed E-state index contributed by atoms with van der Waals surface area (Å²) in [4.78, 5) is 53.1. The highest BCUT2D eigenvalue weighted by Crippen LogP contribution is 2.68. The Kier molecular flexibility index (Phi) is 8.77. The molecule has 0 amide bonds. The summed E-state index contributed by atoms with van der Waals surface area (Å²) in [6.07, 6.45) is 7.67. The smallest absolute Gasteiger partial charge is 0.344 e. The third-order valence-corrected chi connectivity index (χ3v) is 14.8. The molecule has 57 heavy (non-hydrogen) atoms. The van der Waals surface area contributed by atoms with E-state index < -0.39 is 45.9 Å². The summed E-state index contributed by atoms with van der Waals surface area (Å²) in [6.45, 7) is 9.19. The fourth-order valence-corrected chi connectivity index (χ4v) is 12.8. The molecule has 1 aromatic heterocycles. The summed E-state index contributed by atoms with van der Waals surface area (Å²) in [5, 5.41) is 14.4. The molecule has 5 aliphatic heterocycles. The van der Waals surface area contributed by atoms with Crippen LogP contribution in [0.5, 0.6) is 5.75 Å². The monoisotopic (exact) mass is 778 g/mol. The van der Waals surface area contributed by atoms with Crippen LogP contribution in [0.4, 0.5) is 5.69 Å². The highest BCUT2D eigenvalue weighted by molar-refractivity contribution is 5.95. The first-order valence-corrected chi connectivity index (χ1v) is 20.3. The minimum Gasteiger partial charge on any atom is -0.496 e. The number of carbonyl (C=O) groups is 3. The first kappa shape index (κ1) is 37.9. The standard InChI is InChI=1S/C45H54N4O8/c1-8-27-19-28-22-44(40(51)55-6,36-30(25-48(23-27)24-28)29-13-10-11-14-33(29)46-36)32-20-31-34(21-35(32)54-5)47(4)38-43(31)16-18-49-17-12-15-42(9-2,37(43)49)39(57-26(3)50)45(38,53)41(52)56-7/h10-15,19-21,28,37-39,46,53H,8-9,16-18,22-25H2,1-7H3/t28-,37+,38-,39-,42+,43+,44-,45-/m0/s1. The summed E-state index contributed by atoms with van der Waals surface area (Å²) < 4.78 is 23.9. The number of methoxy groups -OCH3 is 3. The summed E-state index contributed by atoms with van der Waals surface area (Å²) >= 11 is 0. The topological polar surface area (TPSA) is 134 Å². The first-order chi connectivity index (χ1) is 27.4. The molecule has 12 nitrogen and oxygen atoms in total. The Morgan fingerprint density at radius 2 is 1.77 bits per heavy atom. The Balaban J connectivity index is 1.37. The third kappa shape index (κ3) is 4.80. The van der Waals surface area contributed by atoms with Crippen molar-refractivity contribution in [2.24, 2.45) is 11.3 Å². The molecule has 2 bridgehead atoms. The molecule has 2 N–H and O–H groups in total. The number of carbonyl (C=O) groups excluding carboxylic acids is 3. The first-order valence-electron chi connectivity index (χ1n) is 20.3. The van der Waals surface area contributed by atoms with Crippen LogP contribution >= 0.6 is 0 Å². The average Bonchev–Trinajstić information content (AvgIpc) is 3.87. The van der Waals surface area contributed by atoms with Gasteiger partial charge in [-0.15, -0.1) is 0 Å². The van der Waals surface area contributed by atoms with Crippen molar-refractivity contribution in [3.05, 3.63) is 82.6 Å². The number of ether oxygens (including phenoxy) is 4. The maximum atomic E-state index is 15.2. The van der Waals surface area contributed by atoms with E-state index in [1.807, 2.05) is 37.1 Å². The van der Waals surface area contributed by atoms with Crippen molar-refractivity contribution in [3.8, 4) is 5.75 Å². The fourth-order valence-electron chi connectivity index (χ4n) is 12.8. The zero-order valence-corrected chi connectivity index (χ0v) is 34.0. The highest BCUT2D eigenvalue weighted by atomic mass is 16.6. The second kappa shape index (κ2) is 13.2. The summed E-state index contributed by atoms with van der Waals surface area (Å²) in [7, 11) is 6.22. The maximum Gasteiger partial charge on any atom is 0.344 e. The van der Waals surface area contributed by atoms with Crippen LogP contribution in [0.2, 0.25) is 0 Å². The van der Waals surface area contributed by atoms with E-state index >= 15 is 4.79 Å².